The minimum atomic E-state index is -0.530. The maximum Gasteiger partial charge on any atom is 0.119 e. The number of hydrogen-bond donors (Lipinski definition) is 1. The maximum atomic E-state index is 10.4. The molecule has 0 radical (unpaired) electrons. The molecule has 0 bridgehead atoms. The summed E-state index contributed by atoms with van der Waals surface area (Å²) < 4.78 is 12.7. The fourth-order valence-corrected chi connectivity index (χ4v) is 3.54. The first-order chi connectivity index (χ1) is 12.5. The lowest BCUT2D eigenvalue weighted by molar-refractivity contribution is -0.0459. The number of halogens is 1. The molecule has 1 aliphatic rings. The summed E-state index contributed by atoms with van der Waals surface area (Å²) in [6.07, 6.45) is -0.494. The molecule has 2 unspecified atom stereocenters. The van der Waals surface area contributed by atoms with Gasteiger partial charge < -0.3 is 14.6 Å². The highest BCUT2D eigenvalue weighted by atomic mass is 79.9. The number of nitrogens with zero attached hydrogens (tertiary/aromatic N) is 1. The predicted octanol–water partition coefficient (Wildman–Crippen LogP) is 3.88. The van der Waals surface area contributed by atoms with E-state index in [0.717, 1.165) is 28.9 Å². The van der Waals surface area contributed by atoms with Crippen molar-refractivity contribution in [3.8, 4) is 5.75 Å². The van der Waals surface area contributed by atoms with Gasteiger partial charge in [-0.15, -0.1) is 0 Å². The highest BCUT2D eigenvalue weighted by Crippen LogP contribution is 2.25. The van der Waals surface area contributed by atoms with Crippen LogP contribution in [-0.2, 0) is 4.74 Å². The number of benzene rings is 2. The SMILES string of the molecule is Cc1ccc(OCC(O)CN2CCOC(c3cccc(Br)c3)C2)cc1C. The Morgan fingerprint density at radius 2 is 2.08 bits per heavy atom. The van der Waals surface area contributed by atoms with Gasteiger partial charge in [-0.3, -0.25) is 4.90 Å². The highest BCUT2D eigenvalue weighted by molar-refractivity contribution is 9.10. The van der Waals surface area contributed by atoms with Crippen molar-refractivity contribution < 1.29 is 14.6 Å². The summed E-state index contributed by atoms with van der Waals surface area (Å²) >= 11 is 3.51. The van der Waals surface area contributed by atoms with Crippen molar-refractivity contribution in [3.05, 3.63) is 63.6 Å². The number of hydrogen-bond acceptors (Lipinski definition) is 4. The Balaban J connectivity index is 1.50. The molecule has 140 valence electrons. The lowest BCUT2D eigenvalue weighted by Crippen LogP contribution is -2.43. The molecule has 5 heteroatoms. The average Bonchev–Trinajstić information content (AvgIpc) is 2.63. The molecule has 3 rings (SSSR count). The van der Waals surface area contributed by atoms with Gasteiger partial charge in [-0.05, 0) is 54.8 Å². The minimum Gasteiger partial charge on any atom is -0.491 e. The maximum absolute atomic E-state index is 10.4. The van der Waals surface area contributed by atoms with Crippen LogP contribution in [0.3, 0.4) is 0 Å². The van der Waals surface area contributed by atoms with E-state index < -0.39 is 6.10 Å². The predicted molar refractivity (Wildman–Crippen MR) is 107 cm³/mol. The van der Waals surface area contributed by atoms with Gasteiger partial charge in [-0.2, -0.15) is 0 Å². The number of aliphatic hydroxyl groups excluding tert-OH is 1. The van der Waals surface area contributed by atoms with Crippen molar-refractivity contribution in [3.63, 3.8) is 0 Å². The first-order valence-corrected chi connectivity index (χ1v) is 9.78. The number of morpholine rings is 1. The van der Waals surface area contributed by atoms with E-state index >= 15 is 0 Å². The van der Waals surface area contributed by atoms with Crippen LogP contribution in [0.15, 0.2) is 46.9 Å². The van der Waals surface area contributed by atoms with E-state index in [4.69, 9.17) is 9.47 Å². The Morgan fingerprint density at radius 1 is 1.23 bits per heavy atom. The molecular weight excluding hydrogens is 394 g/mol. The van der Waals surface area contributed by atoms with Crippen LogP contribution in [0.2, 0.25) is 0 Å². The molecule has 1 aliphatic heterocycles. The first kappa shape index (κ1) is 19.4. The van der Waals surface area contributed by atoms with E-state index in [1.165, 1.54) is 11.1 Å². The van der Waals surface area contributed by atoms with Gasteiger partial charge in [0.2, 0.25) is 0 Å². The van der Waals surface area contributed by atoms with Gasteiger partial charge in [0.25, 0.3) is 0 Å². The summed E-state index contributed by atoms with van der Waals surface area (Å²) in [6, 6.07) is 14.2. The molecule has 26 heavy (non-hydrogen) atoms. The lowest BCUT2D eigenvalue weighted by Gasteiger charge is -2.34. The Kier molecular flexibility index (Phi) is 6.70. The molecule has 1 heterocycles. The van der Waals surface area contributed by atoms with Crippen molar-refractivity contribution in [1.29, 1.82) is 0 Å². The van der Waals surface area contributed by atoms with Crippen LogP contribution in [0, 0.1) is 13.8 Å². The Hall–Kier alpha value is -1.40. The topological polar surface area (TPSA) is 41.9 Å². The molecule has 4 nitrogen and oxygen atoms in total. The van der Waals surface area contributed by atoms with E-state index in [0.29, 0.717) is 19.8 Å². The molecule has 1 N–H and O–H groups in total. The fraction of sp³-hybridized carbons (Fsp3) is 0.429. The van der Waals surface area contributed by atoms with Gasteiger partial charge in [0, 0.05) is 24.1 Å². The summed E-state index contributed by atoms with van der Waals surface area (Å²) in [5.74, 6) is 0.807. The summed E-state index contributed by atoms with van der Waals surface area (Å²) in [7, 11) is 0. The number of aryl methyl sites for hydroxylation is 2. The monoisotopic (exact) mass is 419 g/mol. The number of β-amino-alcohol motifs (C(OH)–C–C–N with tert-alkyl or cyclic N) is 1. The van der Waals surface area contributed by atoms with Crippen LogP contribution in [0.4, 0.5) is 0 Å². The Labute approximate surface area is 163 Å². The fourth-order valence-electron chi connectivity index (χ4n) is 3.12. The third-order valence-corrected chi connectivity index (χ3v) is 5.25. The van der Waals surface area contributed by atoms with E-state index in [2.05, 4.69) is 46.8 Å². The summed E-state index contributed by atoms with van der Waals surface area (Å²) in [6.45, 7) is 7.28. The quantitative estimate of drug-likeness (QED) is 0.771. The van der Waals surface area contributed by atoms with E-state index in [-0.39, 0.29) is 6.10 Å². The smallest absolute Gasteiger partial charge is 0.119 e. The Morgan fingerprint density at radius 3 is 2.85 bits per heavy atom. The van der Waals surface area contributed by atoms with Gasteiger partial charge in [0.05, 0.1) is 12.7 Å². The number of aliphatic hydroxyl groups is 1. The average molecular weight is 420 g/mol. The standard InChI is InChI=1S/C21H26BrNO3/c1-15-6-7-20(10-16(15)2)26-14-19(24)12-23-8-9-25-21(13-23)17-4-3-5-18(22)11-17/h3-7,10-11,19,21,24H,8-9,12-14H2,1-2H3. The summed E-state index contributed by atoms with van der Waals surface area (Å²) in [4.78, 5) is 2.24. The van der Waals surface area contributed by atoms with Gasteiger partial charge in [0.15, 0.2) is 0 Å². The first-order valence-electron chi connectivity index (χ1n) is 8.99. The van der Waals surface area contributed by atoms with Crippen molar-refractivity contribution in [1.82, 2.24) is 4.90 Å². The van der Waals surface area contributed by atoms with Crippen molar-refractivity contribution in [2.75, 3.05) is 32.8 Å². The second-order valence-corrected chi connectivity index (χ2v) is 7.80. The zero-order valence-corrected chi connectivity index (χ0v) is 16.9. The number of ether oxygens (including phenoxy) is 2. The van der Waals surface area contributed by atoms with E-state index in [1.807, 2.05) is 30.3 Å². The second kappa shape index (κ2) is 9.00. The van der Waals surface area contributed by atoms with Gasteiger partial charge in [-0.25, -0.2) is 0 Å². The van der Waals surface area contributed by atoms with Crippen LogP contribution < -0.4 is 4.74 Å². The molecular formula is C21H26BrNO3. The highest BCUT2D eigenvalue weighted by Gasteiger charge is 2.24. The minimum absolute atomic E-state index is 0.0362. The zero-order valence-electron chi connectivity index (χ0n) is 15.3. The van der Waals surface area contributed by atoms with Crippen molar-refractivity contribution in [2.24, 2.45) is 0 Å². The Bertz CT molecular complexity index is 737. The van der Waals surface area contributed by atoms with Gasteiger partial charge in [0.1, 0.15) is 18.5 Å². The van der Waals surface area contributed by atoms with Gasteiger partial charge in [-0.1, -0.05) is 34.1 Å². The molecule has 0 aromatic heterocycles. The van der Waals surface area contributed by atoms with Crippen molar-refractivity contribution in [2.45, 2.75) is 26.1 Å². The van der Waals surface area contributed by atoms with Gasteiger partial charge >= 0.3 is 0 Å². The largest absolute Gasteiger partial charge is 0.491 e. The van der Waals surface area contributed by atoms with Crippen LogP contribution in [-0.4, -0.2) is 49.0 Å². The number of rotatable bonds is 6. The third kappa shape index (κ3) is 5.30. The van der Waals surface area contributed by atoms with Crippen LogP contribution >= 0.6 is 15.9 Å². The van der Waals surface area contributed by atoms with Crippen molar-refractivity contribution >= 4 is 15.9 Å². The molecule has 0 amide bonds. The third-order valence-electron chi connectivity index (χ3n) is 4.76. The normalized spacial score (nSPS) is 19.3. The molecule has 0 spiro atoms. The van der Waals surface area contributed by atoms with Crippen LogP contribution in [0.25, 0.3) is 0 Å². The molecule has 0 saturated carbocycles. The summed E-state index contributed by atoms with van der Waals surface area (Å²) in [5, 5.41) is 10.4. The molecule has 2 atom stereocenters. The lowest BCUT2D eigenvalue weighted by atomic mass is 10.1. The van der Waals surface area contributed by atoms with Crippen LogP contribution in [0.1, 0.15) is 22.8 Å². The second-order valence-electron chi connectivity index (χ2n) is 6.88. The van der Waals surface area contributed by atoms with Crippen LogP contribution in [0.5, 0.6) is 5.75 Å². The molecule has 1 saturated heterocycles. The zero-order chi connectivity index (χ0) is 18.5. The van der Waals surface area contributed by atoms with E-state index in [1.54, 1.807) is 0 Å². The summed E-state index contributed by atoms with van der Waals surface area (Å²) in [5.41, 5.74) is 3.59. The molecule has 1 fully saturated rings. The molecule has 0 aliphatic carbocycles. The molecule has 2 aromatic rings. The van der Waals surface area contributed by atoms with E-state index in [9.17, 15) is 5.11 Å². The molecule has 2 aromatic carbocycles.